The average molecular weight is 396 g/mol. The van der Waals surface area contributed by atoms with Crippen molar-refractivity contribution in [2.75, 3.05) is 17.3 Å². The molecule has 4 rings (SSSR count). The lowest BCUT2D eigenvalue weighted by atomic mass is 9.79. The Hall–Kier alpha value is -2.80. The van der Waals surface area contributed by atoms with Gasteiger partial charge in [-0.2, -0.15) is 4.98 Å². The summed E-state index contributed by atoms with van der Waals surface area (Å²) in [5.41, 5.74) is 7.87. The molecule has 2 aliphatic rings. The highest BCUT2D eigenvalue weighted by molar-refractivity contribution is 5.93. The van der Waals surface area contributed by atoms with Crippen LogP contribution in [0.25, 0.3) is 0 Å². The Morgan fingerprint density at radius 1 is 1.34 bits per heavy atom. The van der Waals surface area contributed by atoms with E-state index < -0.39 is 12.1 Å². The van der Waals surface area contributed by atoms with Crippen molar-refractivity contribution < 1.29 is 14.6 Å². The first kappa shape index (κ1) is 19.5. The van der Waals surface area contributed by atoms with Crippen molar-refractivity contribution in [1.29, 1.82) is 0 Å². The Balaban J connectivity index is 1.81. The lowest BCUT2D eigenvalue weighted by Crippen LogP contribution is -2.52. The van der Waals surface area contributed by atoms with Gasteiger partial charge in [-0.15, -0.1) is 0 Å². The van der Waals surface area contributed by atoms with Crippen LogP contribution in [-0.4, -0.2) is 35.4 Å². The van der Waals surface area contributed by atoms with Crippen LogP contribution in [0, 0.1) is 11.8 Å². The fourth-order valence-electron chi connectivity index (χ4n) is 4.61. The molecule has 1 aliphatic heterocycles. The zero-order valence-electron chi connectivity index (χ0n) is 17.0. The monoisotopic (exact) mass is 396 g/mol. The number of nitrogens with two attached hydrogens (primary N) is 1. The first-order chi connectivity index (χ1) is 13.9. The molecule has 1 saturated carbocycles. The van der Waals surface area contributed by atoms with Crippen molar-refractivity contribution >= 4 is 17.4 Å². The van der Waals surface area contributed by atoms with Gasteiger partial charge in [0.1, 0.15) is 12.0 Å². The van der Waals surface area contributed by atoms with Crippen LogP contribution >= 0.6 is 0 Å². The molecule has 2 aromatic rings. The predicted molar refractivity (Wildman–Crippen MR) is 112 cm³/mol. The summed E-state index contributed by atoms with van der Waals surface area (Å²) in [7, 11) is 1.59. The third-order valence-electron chi connectivity index (χ3n) is 6.05. The first-order valence-corrected chi connectivity index (χ1v) is 10.1. The summed E-state index contributed by atoms with van der Waals surface area (Å²) in [5.74, 6) is 1.50. The summed E-state index contributed by atoms with van der Waals surface area (Å²) in [5, 5.41) is 14.1. The standard InChI is InChI=1S/C22H28N4O3/c1-12-20(25-18-5-4-6-19(24-18)29-3)16-11-15(22(23)28)9-10-17(16)26(13(2)27)21(12)14-7-8-14/h4-6,9-14,20-21,27H,7-8H2,1-3H3,(H2,23,28)(H,24,25)/t12-,13?,20-,21-/m1/s1. The number of carbonyl (C=O) groups excluding carboxylic acids is 1. The van der Waals surface area contributed by atoms with Gasteiger partial charge in [-0.05, 0) is 55.5 Å². The van der Waals surface area contributed by atoms with E-state index in [1.807, 2.05) is 24.3 Å². The normalized spacial score (nSPS) is 24.6. The third-order valence-corrected chi connectivity index (χ3v) is 6.05. The molecule has 29 heavy (non-hydrogen) atoms. The number of nitrogens with zero attached hydrogens (tertiary/aromatic N) is 2. The number of primary amides is 1. The van der Waals surface area contributed by atoms with E-state index >= 15 is 0 Å². The molecule has 1 amide bonds. The van der Waals surface area contributed by atoms with Crippen molar-refractivity contribution in [2.24, 2.45) is 17.6 Å². The van der Waals surface area contributed by atoms with Gasteiger partial charge < -0.3 is 25.8 Å². The molecule has 2 heterocycles. The van der Waals surface area contributed by atoms with Crippen LogP contribution in [-0.2, 0) is 0 Å². The van der Waals surface area contributed by atoms with Crippen molar-refractivity contribution in [3.05, 3.63) is 47.5 Å². The minimum absolute atomic E-state index is 0.0792. The van der Waals surface area contributed by atoms with Gasteiger partial charge >= 0.3 is 0 Å². The molecule has 0 radical (unpaired) electrons. The number of nitrogens with one attached hydrogen (secondary N) is 1. The molecule has 0 spiro atoms. The van der Waals surface area contributed by atoms with E-state index in [2.05, 4.69) is 22.1 Å². The molecule has 7 nitrogen and oxygen atoms in total. The summed E-state index contributed by atoms with van der Waals surface area (Å²) in [4.78, 5) is 18.4. The zero-order valence-corrected chi connectivity index (χ0v) is 17.0. The number of anilines is 2. The number of hydrogen-bond acceptors (Lipinski definition) is 6. The van der Waals surface area contributed by atoms with Gasteiger partial charge in [-0.25, -0.2) is 0 Å². The highest BCUT2D eigenvalue weighted by Crippen LogP contribution is 2.50. The van der Waals surface area contributed by atoms with Gasteiger partial charge in [0.05, 0.1) is 13.2 Å². The lowest BCUT2D eigenvalue weighted by Gasteiger charge is -2.48. The van der Waals surface area contributed by atoms with Crippen LogP contribution in [0.3, 0.4) is 0 Å². The average Bonchev–Trinajstić information content (AvgIpc) is 3.54. The number of aliphatic hydroxyl groups is 1. The highest BCUT2D eigenvalue weighted by atomic mass is 16.5. The number of fused-ring (bicyclic) bond motifs is 1. The van der Waals surface area contributed by atoms with Crippen LogP contribution in [0.5, 0.6) is 5.88 Å². The molecule has 4 atom stereocenters. The van der Waals surface area contributed by atoms with Crippen molar-refractivity contribution in [3.8, 4) is 5.88 Å². The molecular weight excluding hydrogens is 368 g/mol. The SMILES string of the molecule is COc1cccc(N[C@H]2c3cc(C(N)=O)ccc3N(C(C)O)[C@@H](C3CC3)[C@@H]2C)n1. The van der Waals surface area contributed by atoms with Crippen molar-refractivity contribution in [2.45, 2.75) is 45.0 Å². The highest BCUT2D eigenvalue weighted by Gasteiger charge is 2.47. The molecule has 154 valence electrons. The molecule has 7 heteroatoms. The largest absolute Gasteiger partial charge is 0.481 e. The number of carbonyl (C=O) groups is 1. The smallest absolute Gasteiger partial charge is 0.248 e. The maximum atomic E-state index is 11.8. The summed E-state index contributed by atoms with van der Waals surface area (Å²) in [6, 6.07) is 11.2. The third kappa shape index (κ3) is 3.62. The maximum Gasteiger partial charge on any atom is 0.248 e. The van der Waals surface area contributed by atoms with Crippen LogP contribution in [0.1, 0.15) is 48.7 Å². The number of aliphatic hydroxyl groups excluding tert-OH is 1. The zero-order chi connectivity index (χ0) is 20.7. The van der Waals surface area contributed by atoms with Crippen molar-refractivity contribution in [3.63, 3.8) is 0 Å². The van der Waals surface area contributed by atoms with Gasteiger partial charge in [-0.1, -0.05) is 13.0 Å². The summed E-state index contributed by atoms with van der Waals surface area (Å²) >= 11 is 0. The number of pyridine rings is 1. The molecule has 1 fully saturated rings. The van der Waals surface area contributed by atoms with Gasteiger partial charge in [0, 0.05) is 29.3 Å². The fourth-order valence-corrected chi connectivity index (χ4v) is 4.61. The quantitative estimate of drug-likeness (QED) is 0.694. The van der Waals surface area contributed by atoms with Crippen LogP contribution in [0.4, 0.5) is 11.5 Å². The van der Waals surface area contributed by atoms with E-state index in [0.29, 0.717) is 23.2 Å². The molecule has 0 bridgehead atoms. The number of amides is 1. The maximum absolute atomic E-state index is 11.8. The molecule has 1 aromatic carbocycles. The second kappa shape index (κ2) is 7.55. The number of ether oxygens (including phenoxy) is 1. The molecule has 1 unspecified atom stereocenters. The van der Waals surface area contributed by atoms with E-state index in [1.165, 1.54) is 0 Å². The fraction of sp³-hybridized carbons (Fsp3) is 0.455. The Labute approximate surface area is 170 Å². The van der Waals surface area contributed by atoms with E-state index in [1.54, 1.807) is 26.2 Å². The topological polar surface area (TPSA) is 101 Å². The van der Waals surface area contributed by atoms with E-state index in [9.17, 15) is 9.90 Å². The minimum Gasteiger partial charge on any atom is -0.481 e. The van der Waals surface area contributed by atoms with E-state index in [-0.39, 0.29) is 18.0 Å². The van der Waals surface area contributed by atoms with Crippen LogP contribution < -0.4 is 20.7 Å². The number of aromatic nitrogens is 1. The van der Waals surface area contributed by atoms with Gasteiger partial charge in [0.2, 0.25) is 11.8 Å². The Morgan fingerprint density at radius 2 is 2.10 bits per heavy atom. The second-order valence-corrected chi connectivity index (χ2v) is 8.05. The number of hydrogen-bond donors (Lipinski definition) is 3. The van der Waals surface area contributed by atoms with E-state index in [0.717, 1.165) is 24.1 Å². The Bertz CT molecular complexity index is 913. The second-order valence-electron chi connectivity index (χ2n) is 8.05. The Morgan fingerprint density at radius 3 is 2.72 bits per heavy atom. The van der Waals surface area contributed by atoms with Gasteiger partial charge in [0.15, 0.2) is 0 Å². The molecule has 1 aromatic heterocycles. The number of benzene rings is 1. The van der Waals surface area contributed by atoms with Crippen LogP contribution in [0.2, 0.25) is 0 Å². The molecular formula is C22H28N4O3. The number of methoxy groups -OCH3 is 1. The lowest BCUT2D eigenvalue weighted by molar-refractivity contribution is 0.1000. The van der Waals surface area contributed by atoms with Crippen LogP contribution in [0.15, 0.2) is 36.4 Å². The summed E-state index contributed by atoms with van der Waals surface area (Å²) in [6.07, 6.45) is 1.70. The van der Waals surface area contributed by atoms with Gasteiger partial charge in [-0.3, -0.25) is 4.79 Å². The Kier molecular flexibility index (Phi) is 5.08. The van der Waals surface area contributed by atoms with Gasteiger partial charge in [0.25, 0.3) is 0 Å². The van der Waals surface area contributed by atoms with Crippen molar-refractivity contribution in [1.82, 2.24) is 4.98 Å². The number of rotatable bonds is 6. The minimum atomic E-state index is -0.628. The van der Waals surface area contributed by atoms with E-state index in [4.69, 9.17) is 10.5 Å². The summed E-state index contributed by atoms with van der Waals surface area (Å²) in [6.45, 7) is 3.99. The summed E-state index contributed by atoms with van der Waals surface area (Å²) < 4.78 is 5.26. The molecule has 1 aliphatic carbocycles. The molecule has 0 saturated heterocycles. The first-order valence-electron chi connectivity index (χ1n) is 10.1. The molecule has 4 N–H and O–H groups in total. The predicted octanol–water partition coefficient (Wildman–Crippen LogP) is 2.92.